The van der Waals surface area contributed by atoms with Crippen LogP contribution >= 0.6 is 15.9 Å². The highest BCUT2D eigenvalue weighted by Crippen LogP contribution is 2.25. The van der Waals surface area contributed by atoms with Crippen LogP contribution in [0.3, 0.4) is 0 Å². The first kappa shape index (κ1) is 15.1. The highest BCUT2D eigenvalue weighted by Gasteiger charge is 2.25. The van der Waals surface area contributed by atoms with Crippen molar-refractivity contribution in [1.29, 1.82) is 0 Å². The summed E-state index contributed by atoms with van der Waals surface area (Å²) >= 11 is 3.25. The molecule has 7 heteroatoms. The van der Waals surface area contributed by atoms with E-state index in [0.29, 0.717) is 23.3 Å². The molecule has 0 aromatic rings. The molecule has 0 fully saturated rings. The van der Waals surface area contributed by atoms with Gasteiger partial charge in [-0.1, -0.05) is 15.9 Å². The maximum Gasteiger partial charge on any atom is 0.246 e. The van der Waals surface area contributed by atoms with E-state index in [1.807, 2.05) is 19.0 Å². The second kappa shape index (κ2) is 6.84. The average molecular weight is 322 g/mol. The summed E-state index contributed by atoms with van der Waals surface area (Å²) in [6, 6.07) is 0. The zero-order chi connectivity index (χ0) is 13.7. The zero-order valence-corrected chi connectivity index (χ0v) is 12.0. The van der Waals surface area contributed by atoms with Crippen LogP contribution in [0, 0.1) is 10.1 Å². The molecule has 0 aromatic heterocycles. The second-order valence-corrected chi connectivity index (χ2v) is 4.95. The molecule has 0 bridgehead atoms. The Bertz CT molecular complexity index is 382. The van der Waals surface area contributed by atoms with Gasteiger partial charge in [-0.15, -0.1) is 0 Å². The topological polar surface area (TPSA) is 58.4 Å². The van der Waals surface area contributed by atoms with E-state index in [0.717, 1.165) is 0 Å². The molecule has 1 N–H and O–H groups in total. The van der Waals surface area contributed by atoms with Crippen LogP contribution in [0.25, 0.3) is 0 Å². The van der Waals surface area contributed by atoms with Gasteiger partial charge in [0.1, 0.15) is 6.17 Å². The highest BCUT2D eigenvalue weighted by atomic mass is 79.9. The minimum Gasteiger partial charge on any atom is -0.373 e. The van der Waals surface area contributed by atoms with Gasteiger partial charge >= 0.3 is 0 Å². The Morgan fingerprint density at radius 3 is 2.83 bits per heavy atom. The molecular formula is C11H17BrFN3O2. The number of nitrogens with zero attached hydrogens (tertiary/aromatic N) is 2. The van der Waals surface area contributed by atoms with Crippen molar-refractivity contribution in [2.24, 2.45) is 0 Å². The summed E-state index contributed by atoms with van der Waals surface area (Å²) in [4.78, 5) is 12.2. The summed E-state index contributed by atoms with van der Waals surface area (Å²) in [7, 11) is 3.73. The van der Waals surface area contributed by atoms with Crippen molar-refractivity contribution in [2.75, 3.05) is 26.1 Å². The third kappa shape index (κ3) is 4.06. The maximum absolute atomic E-state index is 14.0. The van der Waals surface area contributed by atoms with Gasteiger partial charge in [-0.05, 0) is 26.1 Å². The van der Waals surface area contributed by atoms with Crippen molar-refractivity contribution in [2.45, 2.75) is 19.0 Å². The van der Waals surface area contributed by atoms with Crippen molar-refractivity contribution < 1.29 is 9.31 Å². The lowest BCUT2D eigenvalue weighted by Crippen LogP contribution is -2.31. The second-order valence-electron chi connectivity index (χ2n) is 4.39. The van der Waals surface area contributed by atoms with E-state index >= 15 is 0 Å². The normalized spacial score (nSPS) is 20.7. The van der Waals surface area contributed by atoms with Gasteiger partial charge < -0.3 is 5.32 Å². The summed E-state index contributed by atoms with van der Waals surface area (Å²) < 4.78 is 14.0. The van der Waals surface area contributed by atoms with E-state index in [-0.39, 0.29) is 18.5 Å². The summed E-state index contributed by atoms with van der Waals surface area (Å²) in [5.41, 5.74) is 1.11. The molecular weight excluding hydrogens is 305 g/mol. The van der Waals surface area contributed by atoms with E-state index in [1.54, 1.807) is 0 Å². The minimum atomic E-state index is -1.19. The molecule has 102 valence electrons. The van der Waals surface area contributed by atoms with Gasteiger partial charge in [0, 0.05) is 17.8 Å². The largest absolute Gasteiger partial charge is 0.373 e. The quantitative estimate of drug-likeness (QED) is 0.364. The summed E-state index contributed by atoms with van der Waals surface area (Å²) in [5, 5.41) is 14.2. The maximum atomic E-state index is 14.0. The predicted molar refractivity (Wildman–Crippen MR) is 71.7 cm³/mol. The van der Waals surface area contributed by atoms with Crippen LogP contribution in [-0.2, 0) is 0 Å². The molecule has 0 aromatic carbocycles. The first-order chi connectivity index (χ1) is 8.45. The summed E-state index contributed by atoms with van der Waals surface area (Å²) in [5.74, 6) is 0. The van der Waals surface area contributed by atoms with Crippen molar-refractivity contribution in [3.05, 3.63) is 33.2 Å². The Kier molecular flexibility index (Phi) is 5.74. The number of hydrogen-bond donors (Lipinski definition) is 1. The van der Waals surface area contributed by atoms with E-state index in [2.05, 4.69) is 21.2 Å². The lowest BCUT2D eigenvalue weighted by molar-refractivity contribution is -0.428. The third-order valence-corrected chi connectivity index (χ3v) is 3.22. The average Bonchev–Trinajstić information content (AvgIpc) is 2.45. The monoisotopic (exact) mass is 321 g/mol. The molecule has 0 saturated carbocycles. The van der Waals surface area contributed by atoms with Crippen molar-refractivity contribution in [3.63, 3.8) is 0 Å². The Labute approximate surface area is 114 Å². The minimum absolute atomic E-state index is 0.0637. The number of allylic oxidation sites excluding steroid dienone is 4. The predicted octanol–water partition coefficient (Wildman–Crippen LogP) is 2.04. The molecule has 0 amide bonds. The van der Waals surface area contributed by atoms with Gasteiger partial charge in [0.25, 0.3) is 0 Å². The smallest absolute Gasteiger partial charge is 0.246 e. The SMILES string of the molecule is CN(C)CNC1=C(CBr)C=C([N+](=O)[O-])CCC1F. The third-order valence-electron chi connectivity index (χ3n) is 2.62. The van der Waals surface area contributed by atoms with Crippen LogP contribution < -0.4 is 5.32 Å². The molecule has 0 saturated heterocycles. The number of alkyl halides is 2. The fourth-order valence-electron chi connectivity index (χ4n) is 1.69. The standard InChI is InChI=1S/C11H17BrFN3O2/c1-15(2)7-14-11-8(6-12)5-9(16(17)18)3-4-10(11)13/h5,10,14H,3-4,6-7H2,1-2H3. The van der Waals surface area contributed by atoms with Crippen LogP contribution in [0.4, 0.5) is 4.39 Å². The number of rotatable bonds is 5. The van der Waals surface area contributed by atoms with E-state index < -0.39 is 11.1 Å². The molecule has 5 nitrogen and oxygen atoms in total. The van der Waals surface area contributed by atoms with Crippen LogP contribution in [0.15, 0.2) is 23.0 Å². The number of halogens is 2. The van der Waals surface area contributed by atoms with Crippen molar-refractivity contribution >= 4 is 15.9 Å². The first-order valence-electron chi connectivity index (χ1n) is 5.62. The molecule has 18 heavy (non-hydrogen) atoms. The van der Waals surface area contributed by atoms with Gasteiger partial charge in [0.15, 0.2) is 0 Å². The van der Waals surface area contributed by atoms with Gasteiger partial charge in [0.05, 0.1) is 17.3 Å². The highest BCUT2D eigenvalue weighted by molar-refractivity contribution is 9.09. The van der Waals surface area contributed by atoms with Gasteiger partial charge in [-0.3, -0.25) is 15.0 Å². The van der Waals surface area contributed by atoms with E-state index in [4.69, 9.17) is 0 Å². The molecule has 0 spiro atoms. The zero-order valence-electron chi connectivity index (χ0n) is 10.4. The lowest BCUT2D eigenvalue weighted by atomic mass is 10.1. The molecule has 1 aliphatic carbocycles. The first-order valence-corrected chi connectivity index (χ1v) is 6.74. The van der Waals surface area contributed by atoms with Gasteiger partial charge in [-0.2, -0.15) is 0 Å². The fourth-order valence-corrected chi connectivity index (χ4v) is 2.16. The van der Waals surface area contributed by atoms with Gasteiger partial charge in [-0.25, -0.2) is 4.39 Å². The van der Waals surface area contributed by atoms with Crippen LogP contribution in [0.5, 0.6) is 0 Å². The fraction of sp³-hybridized carbons (Fsp3) is 0.636. The summed E-state index contributed by atoms with van der Waals surface area (Å²) in [6.45, 7) is 0.494. The molecule has 0 radical (unpaired) electrons. The molecule has 1 aliphatic rings. The Hall–Kier alpha value is -0.950. The molecule has 0 aliphatic heterocycles. The van der Waals surface area contributed by atoms with Crippen LogP contribution in [0.2, 0.25) is 0 Å². The Balaban J connectivity index is 2.99. The number of hydrogen-bond acceptors (Lipinski definition) is 4. The summed E-state index contributed by atoms with van der Waals surface area (Å²) in [6.07, 6.45) is 0.564. The van der Waals surface area contributed by atoms with Crippen LogP contribution in [-0.4, -0.2) is 42.1 Å². The molecule has 1 rings (SSSR count). The van der Waals surface area contributed by atoms with Crippen LogP contribution in [0.1, 0.15) is 12.8 Å². The molecule has 1 atom stereocenters. The van der Waals surface area contributed by atoms with E-state index in [1.165, 1.54) is 6.08 Å². The van der Waals surface area contributed by atoms with E-state index in [9.17, 15) is 14.5 Å². The Morgan fingerprint density at radius 2 is 2.33 bits per heavy atom. The Morgan fingerprint density at radius 1 is 1.67 bits per heavy atom. The number of nitrogens with one attached hydrogen (secondary N) is 1. The number of nitro groups is 1. The lowest BCUT2D eigenvalue weighted by Gasteiger charge is -2.19. The molecule has 0 heterocycles. The van der Waals surface area contributed by atoms with Crippen molar-refractivity contribution in [1.82, 2.24) is 10.2 Å². The van der Waals surface area contributed by atoms with Crippen molar-refractivity contribution in [3.8, 4) is 0 Å². The van der Waals surface area contributed by atoms with Gasteiger partial charge in [0.2, 0.25) is 5.70 Å². The molecule has 1 unspecified atom stereocenters.